The summed E-state index contributed by atoms with van der Waals surface area (Å²) in [5.41, 5.74) is 4.50. The largest absolute Gasteiger partial charge is 0.454 e. The Balaban J connectivity index is 1.50. The maximum atomic E-state index is 13.2. The molecule has 2 heterocycles. The van der Waals surface area contributed by atoms with Gasteiger partial charge in [0.15, 0.2) is 11.5 Å². The lowest BCUT2D eigenvalue weighted by Crippen LogP contribution is -2.32. The van der Waals surface area contributed by atoms with Crippen molar-refractivity contribution in [2.45, 2.75) is 19.6 Å². The summed E-state index contributed by atoms with van der Waals surface area (Å²) >= 11 is 6.30. The first-order chi connectivity index (χ1) is 14.1. The van der Waals surface area contributed by atoms with Gasteiger partial charge in [-0.25, -0.2) is 0 Å². The third-order valence-corrected chi connectivity index (χ3v) is 5.82. The van der Waals surface area contributed by atoms with E-state index in [0.29, 0.717) is 22.9 Å². The fourth-order valence-corrected chi connectivity index (χ4v) is 4.01. The number of carbonyl (C=O) groups is 1. The van der Waals surface area contributed by atoms with Gasteiger partial charge in [-0.2, -0.15) is 0 Å². The van der Waals surface area contributed by atoms with E-state index in [9.17, 15) is 4.79 Å². The molecule has 1 atom stereocenters. The molecule has 1 amide bonds. The van der Waals surface area contributed by atoms with Gasteiger partial charge < -0.3 is 19.7 Å². The van der Waals surface area contributed by atoms with Crippen LogP contribution in [0.5, 0.6) is 11.5 Å². The topological polar surface area (TPSA) is 50.8 Å². The van der Waals surface area contributed by atoms with Crippen LogP contribution in [-0.2, 0) is 6.54 Å². The predicted octanol–water partition coefficient (Wildman–Crippen LogP) is 5.14. The second-order valence-electron chi connectivity index (χ2n) is 7.17. The summed E-state index contributed by atoms with van der Waals surface area (Å²) < 4.78 is 10.9. The number of rotatable bonds is 4. The molecule has 6 heteroatoms. The molecule has 2 aliphatic rings. The first kappa shape index (κ1) is 17.9. The standard InChI is InChI=1S/C23H19ClN2O3/c1-14-18(24)7-4-8-19(14)25-22-16-5-2-3-6-17(16)23(27)26(22)12-15-9-10-20-21(11-15)29-13-28-20/h2-11,22,25H,12-13H2,1H3/t22-/m0/s1. The fourth-order valence-electron chi connectivity index (χ4n) is 3.84. The van der Waals surface area contributed by atoms with E-state index in [0.717, 1.165) is 28.1 Å². The Morgan fingerprint density at radius 3 is 2.79 bits per heavy atom. The van der Waals surface area contributed by atoms with E-state index in [4.69, 9.17) is 21.1 Å². The monoisotopic (exact) mass is 406 g/mol. The molecule has 0 bridgehead atoms. The van der Waals surface area contributed by atoms with Crippen LogP contribution in [0.15, 0.2) is 60.7 Å². The Labute approximate surface area is 173 Å². The first-order valence-corrected chi connectivity index (χ1v) is 9.80. The Hall–Kier alpha value is -3.18. The van der Waals surface area contributed by atoms with Crippen molar-refractivity contribution in [1.82, 2.24) is 4.90 Å². The molecule has 0 saturated heterocycles. The number of hydrogen-bond acceptors (Lipinski definition) is 4. The molecular formula is C23H19ClN2O3. The molecule has 1 N–H and O–H groups in total. The molecule has 2 aliphatic heterocycles. The minimum absolute atomic E-state index is 0.00421. The highest BCUT2D eigenvalue weighted by Gasteiger charge is 2.36. The zero-order chi connectivity index (χ0) is 20.0. The van der Waals surface area contributed by atoms with E-state index < -0.39 is 0 Å². The lowest BCUT2D eigenvalue weighted by molar-refractivity contribution is 0.0728. The van der Waals surface area contributed by atoms with E-state index >= 15 is 0 Å². The van der Waals surface area contributed by atoms with E-state index in [2.05, 4.69) is 5.32 Å². The highest BCUT2D eigenvalue weighted by atomic mass is 35.5. The van der Waals surface area contributed by atoms with Crippen LogP contribution in [-0.4, -0.2) is 17.6 Å². The minimum Gasteiger partial charge on any atom is -0.454 e. The second-order valence-corrected chi connectivity index (χ2v) is 7.57. The summed E-state index contributed by atoms with van der Waals surface area (Å²) in [6.45, 7) is 2.64. The van der Waals surface area contributed by atoms with E-state index in [1.807, 2.05) is 72.5 Å². The van der Waals surface area contributed by atoms with Gasteiger partial charge in [0, 0.05) is 28.4 Å². The lowest BCUT2D eigenvalue weighted by atomic mass is 10.1. The number of ether oxygens (including phenoxy) is 2. The molecule has 3 aromatic carbocycles. The zero-order valence-electron chi connectivity index (χ0n) is 15.8. The van der Waals surface area contributed by atoms with Crippen molar-refractivity contribution in [3.05, 3.63) is 87.9 Å². The number of benzene rings is 3. The molecule has 0 unspecified atom stereocenters. The quantitative estimate of drug-likeness (QED) is 0.651. The third-order valence-electron chi connectivity index (χ3n) is 5.41. The Morgan fingerprint density at radius 1 is 1.07 bits per heavy atom. The van der Waals surface area contributed by atoms with Crippen LogP contribution in [0.4, 0.5) is 5.69 Å². The van der Waals surface area contributed by atoms with Crippen molar-refractivity contribution < 1.29 is 14.3 Å². The molecule has 0 fully saturated rings. The number of carbonyl (C=O) groups excluding carboxylic acids is 1. The lowest BCUT2D eigenvalue weighted by Gasteiger charge is -2.28. The van der Waals surface area contributed by atoms with Gasteiger partial charge >= 0.3 is 0 Å². The van der Waals surface area contributed by atoms with Gasteiger partial charge in [-0.15, -0.1) is 0 Å². The van der Waals surface area contributed by atoms with E-state index in [-0.39, 0.29) is 18.9 Å². The molecule has 3 aromatic rings. The van der Waals surface area contributed by atoms with Crippen molar-refractivity contribution >= 4 is 23.2 Å². The van der Waals surface area contributed by atoms with Crippen LogP contribution < -0.4 is 14.8 Å². The number of halogens is 1. The summed E-state index contributed by atoms with van der Waals surface area (Å²) in [5.74, 6) is 1.44. The predicted molar refractivity (Wildman–Crippen MR) is 111 cm³/mol. The number of nitrogens with one attached hydrogen (secondary N) is 1. The zero-order valence-corrected chi connectivity index (χ0v) is 16.6. The molecule has 0 radical (unpaired) electrons. The van der Waals surface area contributed by atoms with E-state index in [1.54, 1.807) is 0 Å². The Morgan fingerprint density at radius 2 is 1.90 bits per heavy atom. The van der Waals surface area contributed by atoms with Crippen molar-refractivity contribution in [2.24, 2.45) is 0 Å². The summed E-state index contributed by atoms with van der Waals surface area (Å²) in [6, 6.07) is 19.2. The van der Waals surface area contributed by atoms with Crippen molar-refractivity contribution in [3.8, 4) is 11.5 Å². The van der Waals surface area contributed by atoms with Crippen molar-refractivity contribution in [1.29, 1.82) is 0 Å². The number of anilines is 1. The Kier molecular flexibility index (Phi) is 4.32. The number of amides is 1. The number of fused-ring (bicyclic) bond motifs is 2. The van der Waals surface area contributed by atoms with Gasteiger partial charge in [-0.05, 0) is 48.4 Å². The molecular weight excluding hydrogens is 388 g/mol. The summed E-state index contributed by atoms with van der Waals surface area (Å²) in [6.07, 6.45) is -0.290. The number of nitrogens with zero attached hydrogens (tertiary/aromatic N) is 1. The first-order valence-electron chi connectivity index (χ1n) is 9.42. The average Bonchev–Trinajstić information content (AvgIpc) is 3.30. The van der Waals surface area contributed by atoms with Gasteiger partial charge in [0.2, 0.25) is 6.79 Å². The van der Waals surface area contributed by atoms with Gasteiger partial charge in [-0.1, -0.05) is 41.9 Å². The van der Waals surface area contributed by atoms with Crippen LogP contribution >= 0.6 is 11.6 Å². The summed E-state index contributed by atoms with van der Waals surface area (Å²) in [5, 5.41) is 4.21. The van der Waals surface area contributed by atoms with Gasteiger partial charge in [0.05, 0.1) is 0 Å². The SMILES string of the molecule is Cc1c(Cl)cccc1N[C@@H]1c2ccccc2C(=O)N1Cc1ccc2c(c1)OCO2. The second kappa shape index (κ2) is 7.01. The van der Waals surface area contributed by atoms with E-state index in [1.165, 1.54) is 0 Å². The van der Waals surface area contributed by atoms with Crippen LogP contribution in [0.25, 0.3) is 0 Å². The molecule has 0 spiro atoms. The molecule has 5 rings (SSSR count). The molecule has 5 nitrogen and oxygen atoms in total. The van der Waals surface area contributed by atoms with Gasteiger partial charge in [0.1, 0.15) is 6.17 Å². The fraction of sp³-hybridized carbons (Fsp3) is 0.174. The highest BCUT2D eigenvalue weighted by Crippen LogP contribution is 2.38. The minimum atomic E-state index is -0.290. The van der Waals surface area contributed by atoms with Gasteiger partial charge in [-0.3, -0.25) is 4.79 Å². The highest BCUT2D eigenvalue weighted by molar-refractivity contribution is 6.31. The average molecular weight is 407 g/mol. The van der Waals surface area contributed by atoms with Crippen molar-refractivity contribution in [3.63, 3.8) is 0 Å². The Bertz CT molecular complexity index is 1120. The third kappa shape index (κ3) is 3.08. The van der Waals surface area contributed by atoms with Crippen LogP contribution in [0, 0.1) is 6.92 Å². The summed E-state index contributed by atoms with van der Waals surface area (Å²) in [4.78, 5) is 15.0. The maximum Gasteiger partial charge on any atom is 0.256 e. The molecule has 29 heavy (non-hydrogen) atoms. The normalized spacial score (nSPS) is 16.8. The maximum absolute atomic E-state index is 13.2. The molecule has 0 saturated carbocycles. The smallest absolute Gasteiger partial charge is 0.256 e. The van der Waals surface area contributed by atoms with Crippen LogP contribution in [0.1, 0.15) is 33.2 Å². The number of hydrogen-bond donors (Lipinski definition) is 1. The van der Waals surface area contributed by atoms with Crippen LogP contribution in [0.2, 0.25) is 5.02 Å². The van der Waals surface area contributed by atoms with Gasteiger partial charge in [0.25, 0.3) is 5.91 Å². The molecule has 0 aromatic heterocycles. The molecule has 146 valence electrons. The summed E-state index contributed by atoms with van der Waals surface area (Å²) in [7, 11) is 0. The van der Waals surface area contributed by atoms with Crippen molar-refractivity contribution in [2.75, 3.05) is 12.1 Å². The molecule has 0 aliphatic carbocycles. The van der Waals surface area contributed by atoms with Crippen LogP contribution in [0.3, 0.4) is 0 Å².